The van der Waals surface area contributed by atoms with Crippen LogP contribution in [0.1, 0.15) is 5.56 Å². The van der Waals surface area contributed by atoms with Crippen LogP contribution in [0.25, 0.3) is 0 Å². The molecule has 110 valence electrons. The minimum absolute atomic E-state index is 0.295. The van der Waals surface area contributed by atoms with E-state index in [9.17, 15) is 22.4 Å². The van der Waals surface area contributed by atoms with Crippen LogP contribution in [0, 0.1) is 5.92 Å². The lowest BCUT2D eigenvalue weighted by Gasteiger charge is -2.26. The lowest BCUT2D eigenvalue weighted by Crippen LogP contribution is -2.45. The molecule has 1 heterocycles. The van der Waals surface area contributed by atoms with Gasteiger partial charge in [-0.2, -0.15) is 8.78 Å². The summed E-state index contributed by atoms with van der Waals surface area (Å²) in [6.07, 6.45) is -3.39. The zero-order chi connectivity index (χ0) is 14.8. The Hall–Kier alpha value is -1.79. The number of carbonyl (C=O) groups excluding carboxylic acids is 1. The maximum Gasteiger partial charge on any atom is 0.324 e. The summed E-state index contributed by atoms with van der Waals surface area (Å²) in [5.74, 6) is -5.39. The highest BCUT2D eigenvalue weighted by Crippen LogP contribution is 2.25. The predicted octanol–water partition coefficient (Wildman–Crippen LogP) is 2.29. The molecular weight excluding hydrogens is 276 g/mol. The molecule has 1 aromatic rings. The normalized spacial score (nSPS) is 18.4. The van der Waals surface area contributed by atoms with Crippen LogP contribution in [-0.4, -0.2) is 31.3 Å². The van der Waals surface area contributed by atoms with Gasteiger partial charge in [-0.3, -0.25) is 4.79 Å². The number of halogens is 4. The van der Waals surface area contributed by atoms with Gasteiger partial charge in [-0.05, 0) is 18.1 Å². The number of benzene rings is 1. The summed E-state index contributed by atoms with van der Waals surface area (Å²) in [6, 6.07) is 7.34. The summed E-state index contributed by atoms with van der Waals surface area (Å²) < 4.78 is 49.4. The first-order valence-electron chi connectivity index (χ1n) is 6.15. The van der Waals surface area contributed by atoms with Gasteiger partial charge in [0.1, 0.15) is 0 Å². The van der Waals surface area contributed by atoms with Crippen molar-refractivity contribution in [3.63, 3.8) is 0 Å². The molecule has 1 aliphatic heterocycles. The Morgan fingerprint density at radius 3 is 2.80 bits per heavy atom. The highest BCUT2D eigenvalue weighted by atomic mass is 19.3. The number of anilines is 1. The summed E-state index contributed by atoms with van der Waals surface area (Å²) in [5, 5.41) is 4.91. The van der Waals surface area contributed by atoms with Crippen LogP contribution in [0.5, 0.6) is 0 Å². The fourth-order valence-corrected chi connectivity index (χ4v) is 2.05. The van der Waals surface area contributed by atoms with Crippen LogP contribution in [0.15, 0.2) is 24.3 Å². The fourth-order valence-electron chi connectivity index (χ4n) is 2.05. The topological polar surface area (TPSA) is 41.1 Å². The Kier molecular flexibility index (Phi) is 4.15. The van der Waals surface area contributed by atoms with E-state index in [4.69, 9.17) is 0 Å². The highest BCUT2D eigenvalue weighted by molar-refractivity contribution is 5.80. The molecule has 7 heteroatoms. The number of amides is 1. The third-order valence-electron chi connectivity index (χ3n) is 3.21. The lowest BCUT2D eigenvalue weighted by atomic mass is 9.93. The van der Waals surface area contributed by atoms with Gasteiger partial charge in [0, 0.05) is 12.2 Å². The largest absolute Gasteiger partial charge is 0.384 e. The molecule has 0 spiro atoms. The maximum atomic E-state index is 12.7. The van der Waals surface area contributed by atoms with Gasteiger partial charge in [0.05, 0.1) is 12.5 Å². The molecule has 2 rings (SSSR count). The average Bonchev–Trinajstić information content (AvgIpc) is 2.44. The number of rotatable bonds is 4. The van der Waals surface area contributed by atoms with Crippen molar-refractivity contribution in [1.82, 2.24) is 5.32 Å². The molecule has 1 aliphatic rings. The first kappa shape index (κ1) is 14.6. The second-order valence-corrected chi connectivity index (χ2v) is 4.72. The number of hydrogen-bond donors (Lipinski definition) is 2. The molecule has 1 atom stereocenters. The number of para-hydroxylation sites is 1. The van der Waals surface area contributed by atoms with Gasteiger partial charge in [0.15, 0.2) is 0 Å². The Bertz CT molecular complexity index is 493. The van der Waals surface area contributed by atoms with Crippen molar-refractivity contribution in [2.24, 2.45) is 5.92 Å². The van der Waals surface area contributed by atoms with Gasteiger partial charge in [-0.25, -0.2) is 8.78 Å². The van der Waals surface area contributed by atoms with Crippen molar-refractivity contribution >= 4 is 11.6 Å². The molecule has 0 saturated heterocycles. The van der Waals surface area contributed by atoms with E-state index >= 15 is 0 Å². The van der Waals surface area contributed by atoms with Crippen molar-refractivity contribution in [1.29, 1.82) is 0 Å². The molecule has 0 aliphatic carbocycles. The molecule has 1 unspecified atom stereocenters. The van der Waals surface area contributed by atoms with Crippen molar-refractivity contribution in [3.8, 4) is 0 Å². The third kappa shape index (κ3) is 3.20. The third-order valence-corrected chi connectivity index (χ3v) is 3.21. The van der Waals surface area contributed by atoms with Crippen LogP contribution in [0.4, 0.5) is 23.2 Å². The molecule has 1 aromatic carbocycles. The average molecular weight is 290 g/mol. The molecule has 0 saturated carbocycles. The number of fused-ring (bicyclic) bond motifs is 1. The van der Waals surface area contributed by atoms with Gasteiger partial charge >= 0.3 is 12.3 Å². The van der Waals surface area contributed by atoms with Crippen LogP contribution in [0.3, 0.4) is 0 Å². The van der Waals surface area contributed by atoms with E-state index in [1.54, 1.807) is 0 Å². The number of carbonyl (C=O) groups is 1. The quantitative estimate of drug-likeness (QED) is 0.835. The minimum Gasteiger partial charge on any atom is -0.384 e. The predicted molar refractivity (Wildman–Crippen MR) is 66.1 cm³/mol. The fraction of sp³-hybridized carbons (Fsp3) is 0.462. The minimum atomic E-state index is -4.20. The summed E-state index contributed by atoms with van der Waals surface area (Å²) >= 11 is 0. The zero-order valence-electron chi connectivity index (χ0n) is 10.5. The molecule has 3 nitrogen and oxygen atoms in total. The summed E-state index contributed by atoms with van der Waals surface area (Å²) in [4.78, 5) is 11.7. The van der Waals surface area contributed by atoms with Crippen LogP contribution < -0.4 is 10.6 Å². The van der Waals surface area contributed by atoms with Crippen LogP contribution >= 0.6 is 0 Å². The molecule has 0 aromatic heterocycles. The van der Waals surface area contributed by atoms with Gasteiger partial charge < -0.3 is 10.6 Å². The van der Waals surface area contributed by atoms with E-state index in [1.165, 1.54) is 0 Å². The van der Waals surface area contributed by atoms with Crippen molar-refractivity contribution in [3.05, 3.63) is 29.8 Å². The standard InChI is InChI=1S/C13H14F4N2O/c14-12(15)13(16,17)7-19-11(20)9-5-8-3-1-2-4-10(8)18-6-9/h1-4,9,12,18H,5-7H2,(H,19,20). The second-order valence-electron chi connectivity index (χ2n) is 4.72. The number of alkyl halides is 4. The first-order valence-corrected chi connectivity index (χ1v) is 6.15. The summed E-state index contributed by atoms with van der Waals surface area (Å²) in [6.45, 7) is -1.05. The molecular formula is C13H14F4N2O. The monoisotopic (exact) mass is 290 g/mol. The van der Waals surface area contributed by atoms with E-state index < -0.39 is 30.7 Å². The SMILES string of the molecule is O=C(NCC(F)(F)C(F)F)C1CNc2ccccc2C1. The van der Waals surface area contributed by atoms with Gasteiger partial charge in [0.25, 0.3) is 0 Å². The molecule has 0 fully saturated rings. The maximum absolute atomic E-state index is 12.7. The van der Waals surface area contributed by atoms with Gasteiger partial charge in [-0.1, -0.05) is 18.2 Å². The number of hydrogen-bond acceptors (Lipinski definition) is 2. The van der Waals surface area contributed by atoms with E-state index in [0.29, 0.717) is 13.0 Å². The smallest absolute Gasteiger partial charge is 0.324 e. The Morgan fingerprint density at radius 1 is 1.40 bits per heavy atom. The zero-order valence-corrected chi connectivity index (χ0v) is 10.5. The van der Waals surface area contributed by atoms with Crippen molar-refractivity contribution in [2.75, 3.05) is 18.4 Å². The first-order chi connectivity index (χ1) is 9.40. The summed E-state index contributed by atoms with van der Waals surface area (Å²) in [5.41, 5.74) is 1.80. The van der Waals surface area contributed by atoms with E-state index in [-0.39, 0.29) is 0 Å². The van der Waals surface area contributed by atoms with Crippen molar-refractivity contribution in [2.45, 2.75) is 18.8 Å². The van der Waals surface area contributed by atoms with Gasteiger partial charge in [0.2, 0.25) is 5.91 Å². The molecule has 20 heavy (non-hydrogen) atoms. The van der Waals surface area contributed by atoms with Gasteiger partial charge in [-0.15, -0.1) is 0 Å². The lowest BCUT2D eigenvalue weighted by molar-refractivity contribution is -0.138. The van der Waals surface area contributed by atoms with Crippen LogP contribution in [0.2, 0.25) is 0 Å². The van der Waals surface area contributed by atoms with E-state index in [1.807, 2.05) is 29.6 Å². The van der Waals surface area contributed by atoms with Crippen LogP contribution in [-0.2, 0) is 11.2 Å². The molecule has 0 radical (unpaired) electrons. The molecule has 1 amide bonds. The molecule has 0 bridgehead atoms. The summed E-state index contributed by atoms with van der Waals surface area (Å²) in [7, 11) is 0. The second kappa shape index (κ2) is 5.68. The number of nitrogens with one attached hydrogen (secondary N) is 2. The Balaban J connectivity index is 1.92. The van der Waals surface area contributed by atoms with Crippen molar-refractivity contribution < 1.29 is 22.4 Å². The van der Waals surface area contributed by atoms with E-state index in [0.717, 1.165) is 11.3 Å². The Morgan fingerprint density at radius 2 is 2.10 bits per heavy atom. The molecule has 2 N–H and O–H groups in total. The highest BCUT2D eigenvalue weighted by Gasteiger charge is 2.41. The Labute approximate surface area is 113 Å². The van der Waals surface area contributed by atoms with E-state index in [2.05, 4.69) is 5.32 Å².